The minimum Gasteiger partial charge on any atom is -0.507 e. The number of carbonyl (C=O) groups is 1. The van der Waals surface area contributed by atoms with Crippen LogP contribution in [-0.2, 0) is 4.79 Å². The van der Waals surface area contributed by atoms with Crippen molar-refractivity contribution in [3.05, 3.63) is 23.8 Å². The number of carboxylic acids is 1. The summed E-state index contributed by atoms with van der Waals surface area (Å²) in [5.74, 6) is -1.66. The van der Waals surface area contributed by atoms with Gasteiger partial charge in [-0.3, -0.25) is 10.2 Å². The van der Waals surface area contributed by atoms with Crippen LogP contribution in [0.2, 0.25) is 0 Å². The fourth-order valence-corrected chi connectivity index (χ4v) is 1.12. The number of phenols is 1. The molecule has 6 heteroatoms. The van der Waals surface area contributed by atoms with Gasteiger partial charge in [0.2, 0.25) is 0 Å². The van der Waals surface area contributed by atoms with Crippen LogP contribution in [0.5, 0.6) is 11.5 Å². The molecule has 0 radical (unpaired) electrons. The molecule has 5 N–H and O–H groups in total. The highest BCUT2D eigenvalue weighted by Gasteiger charge is 2.12. The lowest BCUT2D eigenvalue weighted by molar-refractivity contribution is -0.142. The predicted molar refractivity (Wildman–Crippen MR) is 61.4 cm³/mol. The second kappa shape index (κ2) is 5.20. The molecule has 0 heterocycles. The van der Waals surface area contributed by atoms with Crippen molar-refractivity contribution in [2.24, 2.45) is 11.7 Å². The lowest BCUT2D eigenvalue weighted by Gasteiger charge is -2.10. The first-order chi connectivity index (χ1) is 7.91. The summed E-state index contributed by atoms with van der Waals surface area (Å²) in [6.07, 6.45) is 0. The van der Waals surface area contributed by atoms with E-state index in [-0.39, 0.29) is 23.8 Å². The maximum absolute atomic E-state index is 10.6. The Hall–Kier alpha value is -2.24. The molecule has 0 aliphatic rings. The third-order valence-corrected chi connectivity index (χ3v) is 2.18. The van der Waals surface area contributed by atoms with E-state index in [2.05, 4.69) is 0 Å². The van der Waals surface area contributed by atoms with E-state index < -0.39 is 11.9 Å². The number of rotatable bonds is 5. The molecule has 0 saturated carbocycles. The van der Waals surface area contributed by atoms with Gasteiger partial charge in [0, 0.05) is 6.07 Å². The second-order valence-electron chi connectivity index (χ2n) is 3.64. The number of nitrogens with one attached hydrogen (secondary N) is 1. The molecule has 0 aliphatic heterocycles. The van der Waals surface area contributed by atoms with Gasteiger partial charge >= 0.3 is 5.97 Å². The summed E-state index contributed by atoms with van der Waals surface area (Å²) < 4.78 is 5.19. The molecule has 1 atom stereocenters. The summed E-state index contributed by atoms with van der Waals surface area (Å²) >= 11 is 0. The molecule has 6 nitrogen and oxygen atoms in total. The molecule has 17 heavy (non-hydrogen) atoms. The van der Waals surface area contributed by atoms with E-state index in [1.807, 2.05) is 0 Å². The number of ether oxygens (including phenoxy) is 1. The highest BCUT2D eigenvalue weighted by atomic mass is 16.5. The lowest BCUT2D eigenvalue weighted by Crippen LogP contribution is -2.18. The molecule has 0 aromatic heterocycles. The average molecular weight is 238 g/mol. The van der Waals surface area contributed by atoms with E-state index in [1.54, 1.807) is 0 Å². The van der Waals surface area contributed by atoms with Crippen LogP contribution in [-0.4, -0.2) is 28.6 Å². The highest BCUT2D eigenvalue weighted by molar-refractivity contribution is 5.97. The molecule has 0 aliphatic carbocycles. The Morgan fingerprint density at radius 1 is 1.59 bits per heavy atom. The van der Waals surface area contributed by atoms with Gasteiger partial charge < -0.3 is 20.7 Å². The Morgan fingerprint density at radius 2 is 2.24 bits per heavy atom. The molecule has 0 spiro atoms. The van der Waals surface area contributed by atoms with Crippen molar-refractivity contribution in [1.82, 2.24) is 0 Å². The van der Waals surface area contributed by atoms with Gasteiger partial charge in [-0.05, 0) is 19.1 Å². The normalized spacial score (nSPS) is 11.8. The Labute approximate surface area is 98.1 Å². The zero-order valence-electron chi connectivity index (χ0n) is 9.30. The number of aromatic hydroxyl groups is 1. The van der Waals surface area contributed by atoms with Gasteiger partial charge in [0.1, 0.15) is 23.9 Å². The molecular weight excluding hydrogens is 224 g/mol. The highest BCUT2D eigenvalue weighted by Crippen LogP contribution is 2.23. The minimum atomic E-state index is -0.949. The van der Waals surface area contributed by atoms with Gasteiger partial charge in [0.15, 0.2) is 0 Å². The first kappa shape index (κ1) is 12.8. The zero-order valence-corrected chi connectivity index (χ0v) is 9.30. The summed E-state index contributed by atoms with van der Waals surface area (Å²) in [6, 6.07) is 4.26. The molecule has 0 fully saturated rings. The van der Waals surface area contributed by atoms with Crippen molar-refractivity contribution in [2.45, 2.75) is 6.92 Å². The van der Waals surface area contributed by atoms with Gasteiger partial charge in [-0.2, -0.15) is 0 Å². The van der Waals surface area contributed by atoms with Crippen LogP contribution in [0.25, 0.3) is 0 Å². The topological polar surface area (TPSA) is 117 Å². The Morgan fingerprint density at radius 3 is 2.71 bits per heavy atom. The van der Waals surface area contributed by atoms with Crippen LogP contribution in [0.3, 0.4) is 0 Å². The third-order valence-electron chi connectivity index (χ3n) is 2.18. The summed E-state index contributed by atoms with van der Waals surface area (Å²) in [5.41, 5.74) is 5.44. The summed E-state index contributed by atoms with van der Waals surface area (Å²) in [6.45, 7) is 1.53. The van der Waals surface area contributed by atoms with Crippen LogP contribution in [0.15, 0.2) is 18.2 Å². The van der Waals surface area contributed by atoms with Gasteiger partial charge in [-0.15, -0.1) is 0 Å². The minimum absolute atomic E-state index is 0.00813. The molecule has 92 valence electrons. The molecule has 0 bridgehead atoms. The van der Waals surface area contributed by atoms with Gasteiger partial charge in [-0.1, -0.05) is 0 Å². The number of carboxylic acid groups (broad SMARTS) is 1. The Balaban J connectivity index is 2.71. The van der Waals surface area contributed by atoms with Crippen molar-refractivity contribution in [2.75, 3.05) is 6.61 Å². The number of hydrogen-bond acceptors (Lipinski definition) is 4. The van der Waals surface area contributed by atoms with Gasteiger partial charge in [-0.25, -0.2) is 0 Å². The van der Waals surface area contributed by atoms with Crippen molar-refractivity contribution in [3.63, 3.8) is 0 Å². The van der Waals surface area contributed by atoms with Crippen LogP contribution in [0.1, 0.15) is 12.5 Å². The van der Waals surface area contributed by atoms with Crippen LogP contribution < -0.4 is 10.5 Å². The summed E-state index contributed by atoms with van der Waals surface area (Å²) in [4.78, 5) is 10.6. The molecular formula is C11H14N2O4. The quantitative estimate of drug-likeness (QED) is 0.446. The number of phenolic OH excluding ortho intramolecular Hbond substituents is 1. The Kier molecular flexibility index (Phi) is 3.92. The number of hydrogen-bond donors (Lipinski definition) is 4. The van der Waals surface area contributed by atoms with Gasteiger partial charge in [0.05, 0.1) is 11.5 Å². The van der Waals surface area contributed by atoms with Gasteiger partial charge in [0.25, 0.3) is 0 Å². The second-order valence-corrected chi connectivity index (χ2v) is 3.64. The molecule has 1 rings (SSSR count). The van der Waals surface area contributed by atoms with E-state index in [9.17, 15) is 9.90 Å². The standard InChI is InChI=1S/C11H14N2O4/c1-6(11(15)16)5-17-7-2-3-8(10(12)13)9(14)4-7/h2-4,6,14H,5H2,1H3,(H3,12,13)(H,15,16). The number of aliphatic carboxylic acids is 1. The fraction of sp³-hybridized carbons (Fsp3) is 0.273. The van der Waals surface area contributed by atoms with E-state index in [4.69, 9.17) is 21.0 Å². The fourth-order valence-electron chi connectivity index (χ4n) is 1.12. The van der Waals surface area contributed by atoms with E-state index in [0.29, 0.717) is 5.75 Å². The number of benzene rings is 1. The molecule has 1 aromatic carbocycles. The maximum Gasteiger partial charge on any atom is 0.309 e. The predicted octanol–water partition coefficient (Wildman–Crippen LogP) is 0.776. The molecule has 0 amide bonds. The number of amidine groups is 1. The largest absolute Gasteiger partial charge is 0.507 e. The van der Waals surface area contributed by atoms with Crippen LogP contribution >= 0.6 is 0 Å². The summed E-state index contributed by atoms with van der Waals surface area (Å²) in [7, 11) is 0. The smallest absolute Gasteiger partial charge is 0.309 e. The van der Waals surface area contributed by atoms with E-state index in [0.717, 1.165) is 0 Å². The summed E-state index contributed by atoms with van der Waals surface area (Å²) in [5, 5.41) is 25.3. The molecule has 1 unspecified atom stereocenters. The first-order valence-electron chi connectivity index (χ1n) is 4.95. The molecule has 1 aromatic rings. The van der Waals surface area contributed by atoms with Crippen LogP contribution in [0.4, 0.5) is 0 Å². The van der Waals surface area contributed by atoms with Crippen LogP contribution in [0, 0.1) is 11.3 Å². The Bertz CT molecular complexity index is 445. The van der Waals surface area contributed by atoms with Crippen molar-refractivity contribution in [1.29, 1.82) is 5.41 Å². The third kappa shape index (κ3) is 3.37. The number of nitrogen functional groups attached to an aromatic ring is 1. The van der Waals surface area contributed by atoms with Crippen molar-refractivity contribution in [3.8, 4) is 11.5 Å². The number of nitrogens with two attached hydrogens (primary N) is 1. The first-order valence-corrected chi connectivity index (χ1v) is 4.95. The lowest BCUT2D eigenvalue weighted by atomic mass is 10.1. The van der Waals surface area contributed by atoms with E-state index >= 15 is 0 Å². The van der Waals surface area contributed by atoms with Crippen molar-refractivity contribution >= 4 is 11.8 Å². The van der Waals surface area contributed by atoms with Crippen molar-refractivity contribution < 1.29 is 19.7 Å². The zero-order chi connectivity index (χ0) is 13.0. The van der Waals surface area contributed by atoms with E-state index in [1.165, 1.54) is 25.1 Å². The maximum atomic E-state index is 10.6. The average Bonchev–Trinajstić information content (AvgIpc) is 2.25. The SMILES string of the molecule is CC(COc1ccc(C(=N)N)c(O)c1)C(=O)O. The molecule has 0 saturated heterocycles. The monoisotopic (exact) mass is 238 g/mol.